The van der Waals surface area contributed by atoms with Crippen LogP contribution in [0.3, 0.4) is 0 Å². The number of nitrogens with one attached hydrogen (secondary N) is 2. The first-order chi connectivity index (χ1) is 9.24. The standard InChI is InChI=1S/C15H20Br2N2/c16-10-6-7-15(12(17)9-10)19-14-4-1-3-11(14)13-5-2-8-18-13/h6-7,9,11,13-14,18-19H,1-5,8H2. The number of hydrogen-bond donors (Lipinski definition) is 2. The number of anilines is 1. The molecular formula is C15H20Br2N2. The number of rotatable bonds is 3. The van der Waals surface area contributed by atoms with Gasteiger partial charge in [-0.3, -0.25) is 0 Å². The highest BCUT2D eigenvalue weighted by atomic mass is 79.9. The van der Waals surface area contributed by atoms with Crippen LogP contribution in [0.2, 0.25) is 0 Å². The van der Waals surface area contributed by atoms with Crippen LogP contribution >= 0.6 is 31.9 Å². The van der Waals surface area contributed by atoms with E-state index in [1.165, 1.54) is 44.3 Å². The highest BCUT2D eigenvalue weighted by molar-refractivity contribution is 9.11. The highest BCUT2D eigenvalue weighted by Crippen LogP contribution is 2.35. The zero-order valence-electron chi connectivity index (χ0n) is 11.0. The molecule has 1 aromatic carbocycles. The van der Waals surface area contributed by atoms with Gasteiger partial charge in [0.1, 0.15) is 0 Å². The zero-order valence-corrected chi connectivity index (χ0v) is 14.1. The first-order valence-electron chi connectivity index (χ1n) is 7.19. The maximum atomic E-state index is 3.76. The average Bonchev–Trinajstić information content (AvgIpc) is 3.03. The molecule has 0 aromatic heterocycles. The molecule has 1 aliphatic carbocycles. The molecule has 4 heteroatoms. The Hall–Kier alpha value is -0.0600. The minimum absolute atomic E-state index is 0.619. The van der Waals surface area contributed by atoms with Crippen LogP contribution in [0.1, 0.15) is 32.1 Å². The van der Waals surface area contributed by atoms with Gasteiger partial charge in [-0.25, -0.2) is 0 Å². The Bertz CT molecular complexity index is 444. The van der Waals surface area contributed by atoms with Crippen molar-refractivity contribution in [2.24, 2.45) is 5.92 Å². The van der Waals surface area contributed by atoms with Crippen molar-refractivity contribution in [1.29, 1.82) is 0 Å². The van der Waals surface area contributed by atoms with Crippen LogP contribution in [0.15, 0.2) is 27.1 Å². The summed E-state index contributed by atoms with van der Waals surface area (Å²) in [5.41, 5.74) is 1.22. The van der Waals surface area contributed by atoms with Crippen molar-refractivity contribution in [2.75, 3.05) is 11.9 Å². The Kier molecular flexibility index (Phi) is 4.50. The third-order valence-electron chi connectivity index (χ3n) is 4.46. The summed E-state index contributed by atoms with van der Waals surface area (Å²) in [5, 5.41) is 7.43. The van der Waals surface area contributed by atoms with Crippen LogP contribution in [-0.2, 0) is 0 Å². The number of halogens is 2. The molecule has 0 amide bonds. The van der Waals surface area contributed by atoms with E-state index >= 15 is 0 Å². The van der Waals surface area contributed by atoms with Gasteiger partial charge in [0.15, 0.2) is 0 Å². The van der Waals surface area contributed by atoms with E-state index in [2.05, 4.69) is 60.7 Å². The third-order valence-corrected chi connectivity index (χ3v) is 5.61. The molecule has 0 radical (unpaired) electrons. The van der Waals surface area contributed by atoms with Gasteiger partial charge in [0, 0.05) is 26.7 Å². The highest BCUT2D eigenvalue weighted by Gasteiger charge is 2.35. The van der Waals surface area contributed by atoms with Crippen LogP contribution in [0.25, 0.3) is 0 Å². The number of benzene rings is 1. The second-order valence-corrected chi connectivity index (χ2v) is 7.44. The first kappa shape index (κ1) is 13.9. The van der Waals surface area contributed by atoms with Crippen molar-refractivity contribution in [2.45, 2.75) is 44.2 Å². The Labute approximate surface area is 132 Å². The van der Waals surface area contributed by atoms with Gasteiger partial charge in [-0.1, -0.05) is 22.4 Å². The summed E-state index contributed by atoms with van der Waals surface area (Å²) in [6.07, 6.45) is 6.71. The normalized spacial score (nSPS) is 30.7. The zero-order chi connectivity index (χ0) is 13.2. The van der Waals surface area contributed by atoms with Crippen LogP contribution in [-0.4, -0.2) is 18.6 Å². The van der Waals surface area contributed by atoms with Gasteiger partial charge in [0.25, 0.3) is 0 Å². The molecule has 104 valence electrons. The fourth-order valence-corrected chi connectivity index (χ4v) is 4.69. The Morgan fingerprint density at radius 3 is 2.74 bits per heavy atom. The van der Waals surface area contributed by atoms with Gasteiger partial charge in [-0.2, -0.15) is 0 Å². The van der Waals surface area contributed by atoms with Gasteiger partial charge in [-0.15, -0.1) is 0 Å². The second kappa shape index (κ2) is 6.15. The van der Waals surface area contributed by atoms with Crippen molar-refractivity contribution in [3.8, 4) is 0 Å². The van der Waals surface area contributed by atoms with Crippen molar-refractivity contribution in [1.82, 2.24) is 5.32 Å². The lowest BCUT2D eigenvalue weighted by Gasteiger charge is -2.27. The van der Waals surface area contributed by atoms with Crippen molar-refractivity contribution in [3.63, 3.8) is 0 Å². The summed E-state index contributed by atoms with van der Waals surface area (Å²) in [6.45, 7) is 1.20. The van der Waals surface area contributed by atoms with Crippen LogP contribution in [0, 0.1) is 5.92 Å². The van der Waals surface area contributed by atoms with Gasteiger partial charge in [0.05, 0.1) is 0 Å². The molecular weight excluding hydrogens is 368 g/mol. The summed E-state index contributed by atoms with van der Waals surface area (Å²) in [6, 6.07) is 7.72. The molecule has 3 unspecified atom stereocenters. The third kappa shape index (κ3) is 3.17. The largest absolute Gasteiger partial charge is 0.381 e. The molecule has 2 fully saturated rings. The molecule has 2 nitrogen and oxygen atoms in total. The molecule has 1 saturated heterocycles. The first-order valence-corrected chi connectivity index (χ1v) is 8.77. The molecule has 2 N–H and O–H groups in total. The second-order valence-electron chi connectivity index (χ2n) is 5.67. The van der Waals surface area contributed by atoms with Crippen LogP contribution in [0.5, 0.6) is 0 Å². The minimum Gasteiger partial charge on any atom is -0.381 e. The molecule has 1 aromatic rings. The van der Waals surface area contributed by atoms with E-state index in [1.807, 2.05) is 0 Å². The van der Waals surface area contributed by atoms with E-state index in [0.717, 1.165) is 20.9 Å². The number of hydrogen-bond acceptors (Lipinski definition) is 2. The molecule has 19 heavy (non-hydrogen) atoms. The van der Waals surface area contributed by atoms with Gasteiger partial charge < -0.3 is 10.6 Å². The molecule has 2 aliphatic rings. The van der Waals surface area contributed by atoms with E-state index in [4.69, 9.17) is 0 Å². The predicted octanol–water partition coefficient (Wildman–Crippen LogP) is 4.54. The van der Waals surface area contributed by atoms with Gasteiger partial charge in [-0.05, 0) is 72.3 Å². The van der Waals surface area contributed by atoms with E-state index in [0.29, 0.717) is 6.04 Å². The predicted molar refractivity (Wildman–Crippen MR) is 87.6 cm³/mol. The average molecular weight is 388 g/mol. The SMILES string of the molecule is Brc1ccc(NC2CCCC2C2CCCN2)c(Br)c1. The van der Waals surface area contributed by atoms with Crippen LogP contribution < -0.4 is 10.6 Å². The molecule has 1 aliphatic heterocycles. The minimum atomic E-state index is 0.619. The molecule has 1 heterocycles. The lowest BCUT2D eigenvalue weighted by molar-refractivity contribution is 0.376. The molecule has 3 atom stereocenters. The fraction of sp³-hybridized carbons (Fsp3) is 0.600. The Morgan fingerprint density at radius 2 is 2.00 bits per heavy atom. The van der Waals surface area contributed by atoms with Crippen molar-refractivity contribution < 1.29 is 0 Å². The Balaban J connectivity index is 1.70. The summed E-state index contributed by atoms with van der Waals surface area (Å²) < 4.78 is 2.26. The summed E-state index contributed by atoms with van der Waals surface area (Å²) >= 11 is 7.16. The maximum absolute atomic E-state index is 3.76. The van der Waals surface area contributed by atoms with E-state index in [9.17, 15) is 0 Å². The van der Waals surface area contributed by atoms with Crippen LogP contribution in [0.4, 0.5) is 5.69 Å². The topological polar surface area (TPSA) is 24.1 Å². The lowest BCUT2D eigenvalue weighted by atomic mass is 9.93. The Morgan fingerprint density at radius 1 is 1.11 bits per heavy atom. The molecule has 3 rings (SSSR count). The monoisotopic (exact) mass is 386 g/mol. The maximum Gasteiger partial charge on any atom is 0.0487 e. The van der Waals surface area contributed by atoms with Gasteiger partial charge >= 0.3 is 0 Å². The smallest absolute Gasteiger partial charge is 0.0487 e. The van der Waals surface area contributed by atoms with E-state index in [-0.39, 0.29) is 0 Å². The van der Waals surface area contributed by atoms with E-state index in [1.54, 1.807) is 0 Å². The summed E-state index contributed by atoms with van der Waals surface area (Å²) in [7, 11) is 0. The van der Waals surface area contributed by atoms with E-state index < -0.39 is 0 Å². The lowest BCUT2D eigenvalue weighted by Crippen LogP contribution is -2.38. The molecule has 0 spiro atoms. The summed E-state index contributed by atoms with van der Waals surface area (Å²) in [4.78, 5) is 0. The quantitative estimate of drug-likeness (QED) is 0.795. The summed E-state index contributed by atoms with van der Waals surface area (Å²) in [5.74, 6) is 0.790. The van der Waals surface area contributed by atoms with Crippen molar-refractivity contribution in [3.05, 3.63) is 27.1 Å². The van der Waals surface area contributed by atoms with Gasteiger partial charge in [0.2, 0.25) is 0 Å². The fourth-order valence-electron chi connectivity index (χ4n) is 3.53. The molecule has 0 bridgehead atoms. The molecule has 1 saturated carbocycles. The van der Waals surface area contributed by atoms with Crippen molar-refractivity contribution >= 4 is 37.5 Å².